The smallest absolute Gasteiger partial charge is 0.271 e. The molecule has 27 heavy (non-hydrogen) atoms. The maximum Gasteiger partial charge on any atom is 0.271 e. The van der Waals surface area contributed by atoms with Crippen LogP contribution in [-0.4, -0.2) is 22.5 Å². The van der Waals surface area contributed by atoms with Gasteiger partial charge in [-0.1, -0.05) is 12.8 Å². The lowest BCUT2D eigenvalue weighted by atomic mass is 10.0. The van der Waals surface area contributed by atoms with E-state index >= 15 is 0 Å². The summed E-state index contributed by atoms with van der Waals surface area (Å²) >= 11 is 0. The second-order valence-electron chi connectivity index (χ2n) is 6.65. The molecular formula is C21H23N3O3. The van der Waals surface area contributed by atoms with Crippen LogP contribution in [0.25, 0.3) is 0 Å². The van der Waals surface area contributed by atoms with Crippen molar-refractivity contribution in [3.63, 3.8) is 0 Å². The van der Waals surface area contributed by atoms with Gasteiger partial charge in [0.1, 0.15) is 17.4 Å². The van der Waals surface area contributed by atoms with Crippen molar-refractivity contribution in [3.05, 3.63) is 51.3 Å². The monoisotopic (exact) mass is 365 g/mol. The molecule has 1 aromatic heterocycles. The van der Waals surface area contributed by atoms with Crippen LogP contribution >= 0.6 is 0 Å². The van der Waals surface area contributed by atoms with E-state index in [0.717, 1.165) is 31.4 Å². The predicted octanol–water partition coefficient (Wildman–Crippen LogP) is 4.00. The number of pyridine rings is 1. The molecule has 0 radical (unpaired) electrons. The molecule has 1 fully saturated rings. The Morgan fingerprint density at radius 3 is 2.59 bits per heavy atom. The Balaban J connectivity index is 2.02. The third kappa shape index (κ3) is 3.72. The molecule has 1 aliphatic carbocycles. The van der Waals surface area contributed by atoms with Gasteiger partial charge in [-0.05, 0) is 56.5 Å². The average Bonchev–Trinajstić information content (AvgIpc) is 3.18. The number of rotatable bonds is 5. The van der Waals surface area contributed by atoms with Crippen molar-refractivity contribution in [3.8, 4) is 17.7 Å². The largest absolute Gasteiger partial charge is 0.494 e. The van der Waals surface area contributed by atoms with Crippen LogP contribution in [0.5, 0.6) is 11.6 Å². The minimum atomic E-state index is -0.419. The predicted molar refractivity (Wildman–Crippen MR) is 104 cm³/mol. The Labute approximate surface area is 158 Å². The molecule has 0 aliphatic heterocycles. The fourth-order valence-corrected chi connectivity index (χ4v) is 3.53. The van der Waals surface area contributed by atoms with Gasteiger partial charge in [-0.2, -0.15) is 5.26 Å². The first kappa shape index (κ1) is 18.7. The van der Waals surface area contributed by atoms with Crippen molar-refractivity contribution >= 4 is 11.9 Å². The lowest BCUT2D eigenvalue weighted by Crippen LogP contribution is -2.28. The molecule has 2 aromatic rings. The maximum atomic E-state index is 12.7. The van der Waals surface area contributed by atoms with Crippen LogP contribution in [0, 0.1) is 18.3 Å². The number of aliphatic imine (C=N–C) groups is 1. The van der Waals surface area contributed by atoms with E-state index in [9.17, 15) is 15.2 Å². The normalized spacial score (nSPS) is 14.6. The highest BCUT2D eigenvalue weighted by atomic mass is 16.5. The Kier molecular flexibility index (Phi) is 5.60. The van der Waals surface area contributed by atoms with Gasteiger partial charge in [0.15, 0.2) is 0 Å². The molecule has 3 rings (SSSR count). The number of ether oxygens (including phenoxy) is 1. The number of hydrogen-bond donors (Lipinski definition) is 1. The van der Waals surface area contributed by atoms with Crippen LogP contribution in [0.1, 0.15) is 55.3 Å². The summed E-state index contributed by atoms with van der Waals surface area (Å²) in [5.74, 6) is 0.648. The van der Waals surface area contributed by atoms with E-state index in [-0.39, 0.29) is 17.5 Å². The number of nitrogens with zero attached hydrogens (tertiary/aromatic N) is 3. The molecule has 1 heterocycles. The van der Waals surface area contributed by atoms with Crippen LogP contribution in [0.15, 0.2) is 34.1 Å². The lowest BCUT2D eigenvalue weighted by Gasteiger charge is -2.19. The van der Waals surface area contributed by atoms with E-state index in [2.05, 4.69) is 4.99 Å². The minimum absolute atomic E-state index is 0.0628. The van der Waals surface area contributed by atoms with Crippen molar-refractivity contribution in [2.75, 3.05) is 6.61 Å². The number of benzene rings is 1. The van der Waals surface area contributed by atoms with Gasteiger partial charge in [-0.15, -0.1) is 0 Å². The van der Waals surface area contributed by atoms with Crippen LogP contribution in [0.4, 0.5) is 5.69 Å². The lowest BCUT2D eigenvalue weighted by molar-refractivity contribution is 0.340. The third-order valence-corrected chi connectivity index (χ3v) is 4.97. The molecule has 1 aliphatic rings. The van der Waals surface area contributed by atoms with Crippen LogP contribution in [0.2, 0.25) is 0 Å². The highest BCUT2D eigenvalue weighted by Crippen LogP contribution is 2.33. The Morgan fingerprint density at radius 2 is 2.00 bits per heavy atom. The highest BCUT2D eigenvalue weighted by molar-refractivity contribution is 5.87. The highest BCUT2D eigenvalue weighted by Gasteiger charge is 2.25. The fraction of sp³-hybridized carbons (Fsp3) is 0.381. The van der Waals surface area contributed by atoms with Crippen molar-refractivity contribution in [1.82, 2.24) is 4.57 Å². The Hall–Kier alpha value is -3.07. The number of nitriles is 1. The zero-order valence-electron chi connectivity index (χ0n) is 15.6. The molecule has 0 unspecified atom stereocenters. The van der Waals surface area contributed by atoms with E-state index in [1.807, 2.05) is 37.3 Å². The van der Waals surface area contributed by atoms with Gasteiger partial charge in [-0.25, -0.2) is 0 Å². The standard InChI is InChI=1S/C21H23N3O3/c1-3-27-17-10-8-15(9-11-17)23-13-19-14(2)18(12-22)20(25)24(21(19)26)16-6-4-5-7-16/h8-11,13,16,26H,3-7H2,1-2H3. The molecule has 6 heteroatoms. The first-order valence-electron chi connectivity index (χ1n) is 9.22. The number of aromatic nitrogens is 1. The van der Waals surface area contributed by atoms with Crippen LogP contribution < -0.4 is 10.3 Å². The molecule has 1 saturated carbocycles. The summed E-state index contributed by atoms with van der Waals surface area (Å²) in [5.41, 5.74) is 1.19. The Morgan fingerprint density at radius 1 is 1.33 bits per heavy atom. The molecule has 0 saturated heterocycles. The maximum absolute atomic E-state index is 12.7. The second kappa shape index (κ2) is 8.09. The van der Waals surface area contributed by atoms with Crippen LogP contribution in [-0.2, 0) is 0 Å². The van der Waals surface area contributed by atoms with E-state index in [0.29, 0.717) is 23.4 Å². The van der Waals surface area contributed by atoms with Crippen molar-refractivity contribution in [1.29, 1.82) is 5.26 Å². The first-order chi connectivity index (χ1) is 13.1. The average molecular weight is 365 g/mol. The molecule has 0 atom stereocenters. The molecule has 6 nitrogen and oxygen atoms in total. The van der Waals surface area contributed by atoms with E-state index in [1.54, 1.807) is 6.92 Å². The van der Waals surface area contributed by atoms with E-state index < -0.39 is 5.56 Å². The number of aromatic hydroxyl groups is 1. The zero-order chi connectivity index (χ0) is 19.4. The second-order valence-corrected chi connectivity index (χ2v) is 6.65. The topological polar surface area (TPSA) is 87.6 Å². The van der Waals surface area contributed by atoms with Gasteiger partial charge < -0.3 is 9.84 Å². The summed E-state index contributed by atoms with van der Waals surface area (Å²) in [6, 6.07) is 9.19. The van der Waals surface area contributed by atoms with Crippen LogP contribution in [0.3, 0.4) is 0 Å². The number of hydrogen-bond acceptors (Lipinski definition) is 5. The molecule has 140 valence electrons. The zero-order valence-corrected chi connectivity index (χ0v) is 15.6. The van der Waals surface area contributed by atoms with Gasteiger partial charge in [0.25, 0.3) is 5.56 Å². The summed E-state index contributed by atoms with van der Waals surface area (Å²) in [7, 11) is 0. The van der Waals surface area contributed by atoms with Gasteiger partial charge in [-0.3, -0.25) is 14.4 Å². The van der Waals surface area contributed by atoms with Gasteiger partial charge >= 0.3 is 0 Å². The van der Waals surface area contributed by atoms with Crippen molar-refractivity contribution in [2.24, 2.45) is 4.99 Å². The third-order valence-electron chi connectivity index (χ3n) is 4.97. The summed E-state index contributed by atoms with van der Waals surface area (Å²) in [6.45, 7) is 4.18. The molecule has 0 bridgehead atoms. The molecule has 0 amide bonds. The first-order valence-corrected chi connectivity index (χ1v) is 9.22. The minimum Gasteiger partial charge on any atom is -0.494 e. The van der Waals surface area contributed by atoms with Gasteiger partial charge in [0, 0.05) is 12.3 Å². The molecule has 0 spiro atoms. The summed E-state index contributed by atoms with van der Waals surface area (Å²) in [6.07, 6.45) is 5.21. The molecule has 1 aromatic carbocycles. The van der Waals surface area contributed by atoms with Crippen molar-refractivity contribution in [2.45, 2.75) is 45.6 Å². The van der Waals surface area contributed by atoms with Gasteiger partial charge in [0.2, 0.25) is 5.88 Å². The van der Waals surface area contributed by atoms with E-state index in [1.165, 1.54) is 10.8 Å². The SMILES string of the molecule is CCOc1ccc(N=Cc2c(C)c(C#N)c(=O)n(C3CCCC3)c2O)cc1. The van der Waals surface area contributed by atoms with Crippen molar-refractivity contribution < 1.29 is 9.84 Å². The summed E-state index contributed by atoms with van der Waals surface area (Å²) < 4.78 is 6.79. The summed E-state index contributed by atoms with van der Waals surface area (Å²) in [5, 5.41) is 20.2. The fourth-order valence-electron chi connectivity index (χ4n) is 3.53. The summed E-state index contributed by atoms with van der Waals surface area (Å²) in [4.78, 5) is 17.1. The van der Waals surface area contributed by atoms with Gasteiger partial charge in [0.05, 0.1) is 17.9 Å². The molecule has 1 N–H and O–H groups in total. The molecular weight excluding hydrogens is 342 g/mol. The quantitative estimate of drug-likeness (QED) is 0.811. The van der Waals surface area contributed by atoms with E-state index in [4.69, 9.17) is 4.74 Å². The Bertz CT molecular complexity index is 947.